The Kier molecular flexibility index (Phi) is 5.17. The van der Waals surface area contributed by atoms with E-state index in [4.69, 9.17) is 4.74 Å². The van der Waals surface area contributed by atoms with E-state index in [1.165, 1.54) is 4.90 Å². The second-order valence-corrected chi connectivity index (χ2v) is 21.0. The van der Waals surface area contributed by atoms with E-state index >= 15 is 0 Å². The van der Waals surface area contributed by atoms with E-state index in [9.17, 15) is 4.79 Å². The lowest BCUT2D eigenvalue weighted by Crippen LogP contribution is -2.36. The number of nitrogens with zero attached hydrogens (tertiary/aromatic N) is 1. The molecule has 0 saturated carbocycles. The van der Waals surface area contributed by atoms with Gasteiger partial charge in [0.1, 0.15) is 11.8 Å². The van der Waals surface area contributed by atoms with Crippen LogP contribution in [0.25, 0.3) is 0 Å². The molecule has 0 spiro atoms. The third-order valence-electron chi connectivity index (χ3n) is 4.88. The average Bonchev–Trinajstić information content (AvgIpc) is 2.55. The lowest BCUT2D eigenvalue weighted by molar-refractivity contribution is -0.118. The lowest BCUT2D eigenvalue weighted by Gasteiger charge is -2.66. The fraction of sp³-hybridized carbons (Fsp3) is 0.455. The molecule has 4 nitrogen and oxygen atoms in total. The number of carbonyl (C=O) groups is 1. The van der Waals surface area contributed by atoms with Gasteiger partial charge >= 0.3 is 0 Å². The summed E-state index contributed by atoms with van der Waals surface area (Å²) in [6.45, 7) is 5.70. The van der Waals surface area contributed by atoms with E-state index in [0.717, 1.165) is 11.4 Å². The van der Waals surface area contributed by atoms with Gasteiger partial charge in [0.05, 0.1) is 7.11 Å². The molecule has 2 rings (SSSR count). The van der Waals surface area contributed by atoms with Crippen LogP contribution in [0.15, 0.2) is 58.1 Å². The van der Waals surface area contributed by atoms with Crippen molar-refractivity contribution in [2.45, 2.75) is 17.9 Å². The Hall–Kier alpha value is -2.01. The summed E-state index contributed by atoms with van der Waals surface area (Å²) < 4.78 is 5.26. The normalized spacial score (nSPS) is 23.4. The zero-order valence-corrected chi connectivity index (χ0v) is 18.5. The lowest BCUT2D eigenvalue weighted by atomic mass is 9.83. The second kappa shape index (κ2) is 6.55. The number of methoxy groups -OCH3 is 1. The molecule has 0 fully saturated rings. The monoisotopic (exact) mass is 390 g/mol. The first kappa shape index (κ1) is 21.3. The summed E-state index contributed by atoms with van der Waals surface area (Å²) in [6, 6.07) is 7.63. The molecule has 0 radical (unpaired) electrons. The van der Waals surface area contributed by atoms with Crippen LogP contribution in [0, 0.1) is 11.8 Å². The molecule has 3 atom stereocenters. The maximum Gasteiger partial charge on any atom is 0.249 e. The van der Waals surface area contributed by atoms with Crippen LogP contribution in [-0.4, -0.2) is 57.1 Å². The summed E-state index contributed by atoms with van der Waals surface area (Å²) in [5.74, 6) is 0.765. The minimum atomic E-state index is -2.25. The number of hydrogen-bond acceptors (Lipinski definition) is 3. The van der Waals surface area contributed by atoms with E-state index in [1.807, 2.05) is 30.4 Å². The van der Waals surface area contributed by atoms with Crippen molar-refractivity contribution in [3.63, 3.8) is 0 Å². The molecule has 0 bridgehead atoms. The molecule has 1 aliphatic rings. The van der Waals surface area contributed by atoms with Crippen molar-refractivity contribution < 1.29 is 9.53 Å². The molecule has 1 N–H and O–H groups in total. The Morgan fingerprint density at radius 1 is 1.19 bits per heavy atom. The Morgan fingerprint density at radius 3 is 2.22 bits per heavy atom. The standard InChI is InChI=1S/C22H34N2O2S/c1-16-15-18(26-3)11-14-20(16)21(23-2)22(25)24-17-9-12-19(13-10-17)27(4,5,6,7)8/h9-16,20-21H,2H2,1,3-8H3,(H,24,25)/t16-,20?,21?/m0/s1. The molecular formula is C22H34N2O2S. The summed E-state index contributed by atoms with van der Waals surface area (Å²) in [6.07, 6.45) is 17.5. The number of benzene rings is 1. The molecule has 0 aliphatic heterocycles. The highest BCUT2D eigenvalue weighted by Crippen LogP contribution is 2.81. The molecule has 150 valence electrons. The molecule has 1 aliphatic carbocycles. The number of aliphatic imine (C=N–C) groups is 1. The largest absolute Gasteiger partial charge is 0.497 e. The van der Waals surface area contributed by atoms with Crippen molar-refractivity contribution in [3.05, 3.63) is 48.3 Å². The topological polar surface area (TPSA) is 50.7 Å². The Labute approximate surface area is 163 Å². The number of allylic oxidation sites excluding steroid dienone is 2. The molecule has 0 saturated heterocycles. The van der Waals surface area contributed by atoms with Crippen LogP contribution in [0.4, 0.5) is 5.69 Å². The van der Waals surface area contributed by atoms with Gasteiger partial charge in [0, 0.05) is 11.6 Å². The van der Waals surface area contributed by atoms with E-state index in [0.29, 0.717) is 0 Å². The van der Waals surface area contributed by atoms with Gasteiger partial charge in [-0.05, 0) is 85.2 Å². The number of amides is 1. The van der Waals surface area contributed by atoms with E-state index < -0.39 is 14.3 Å². The van der Waals surface area contributed by atoms with E-state index in [-0.39, 0.29) is 17.7 Å². The number of ether oxygens (including phenoxy) is 1. The van der Waals surface area contributed by atoms with Crippen LogP contribution < -0.4 is 5.32 Å². The Morgan fingerprint density at radius 2 is 1.78 bits per heavy atom. The van der Waals surface area contributed by atoms with Crippen molar-refractivity contribution in [1.82, 2.24) is 0 Å². The number of nitrogens with one attached hydrogen (secondary N) is 1. The zero-order chi connectivity index (χ0) is 20.5. The fourth-order valence-corrected chi connectivity index (χ4v) is 4.65. The second-order valence-electron chi connectivity index (χ2n) is 10.3. The zero-order valence-electron chi connectivity index (χ0n) is 17.7. The van der Waals surface area contributed by atoms with Crippen LogP contribution in [0.1, 0.15) is 6.92 Å². The quantitative estimate of drug-likeness (QED) is 0.731. The summed E-state index contributed by atoms with van der Waals surface area (Å²) >= 11 is 0. The highest BCUT2D eigenvalue weighted by molar-refractivity contribution is 8.62. The van der Waals surface area contributed by atoms with E-state index in [1.54, 1.807) is 7.11 Å². The van der Waals surface area contributed by atoms with Gasteiger partial charge in [-0.3, -0.25) is 18.1 Å². The SMILES string of the molecule is C=NC(C(=O)Nc1ccc(S(C)(C)(C)(C)C)cc1)C1C=CC(OC)=C[C@@H]1C. The average molecular weight is 391 g/mol. The van der Waals surface area contributed by atoms with Gasteiger partial charge in [-0.1, -0.05) is 13.0 Å². The van der Waals surface area contributed by atoms with Crippen LogP contribution in [0.2, 0.25) is 0 Å². The molecule has 0 heterocycles. The molecule has 27 heavy (non-hydrogen) atoms. The van der Waals surface area contributed by atoms with Crippen LogP contribution >= 0.6 is 8.29 Å². The van der Waals surface area contributed by atoms with Crippen molar-refractivity contribution >= 4 is 26.6 Å². The minimum absolute atomic E-state index is 0.0423. The summed E-state index contributed by atoms with van der Waals surface area (Å²) in [7, 11) is -0.605. The van der Waals surface area contributed by atoms with Crippen molar-refractivity contribution in [2.24, 2.45) is 16.8 Å². The van der Waals surface area contributed by atoms with Gasteiger partial charge in [-0.2, -0.15) is 0 Å². The maximum absolute atomic E-state index is 12.8. The van der Waals surface area contributed by atoms with Crippen LogP contribution in [0.3, 0.4) is 0 Å². The molecule has 0 aromatic heterocycles. The van der Waals surface area contributed by atoms with Crippen molar-refractivity contribution in [2.75, 3.05) is 43.7 Å². The van der Waals surface area contributed by atoms with Gasteiger partial charge < -0.3 is 10.1 Å². The number of anilines is 1. The number of hydrogen-bond donors (Lipinski definition) is 1. The first-order chi connectivity index (χ1) is 12.2. The van der Waals surface area contributed by atoms with Crippen molar-refractivity contribution in [1.29, 1.82) is 0 Å². The highest BCUT2D eigenvalue weighted by Gasteiger charge is 2.38. The molecule has 1 aromatic rings. The maximum atomic E-state index is 12.8. The smallest absolute Gasteiger partial charge is 0.249 e. The predicted molar refractivity (Wildman–Crippen MR) is 121 cm³/mol. The fourth-order valence-electron chi connectivity index (χ4n) is 3.15. The van der Waals surface area contributed by atoms with Crippen molar-refractivity contribution in [3.8, 4) is 0 Å². The predicted octanol–water partition coefficient (Wildman–Crippen LogP) is 4.43. The number of rotatable bonds is 6. The molecule has 1 amide bonds. The van der Waals surface area contributed by atoms with Gasteiger partial charge in [-0.15, -0.1) is 0 Å². The summed E-state index contributed by atoms with van der Waals surface area (Å²) in [5, 5.41) is 2.99. The van der Waals surface area contributed by atoms with Gasteiger partial charge in [0.25, 0.3) is 0 Å². The van der Waals surface area contributed by atoms with Gasteiger partial charge in [0.15, 0.2) is 0 Å². The van der Waals surface area contributed by atoms with Crippen LogP contribution in [-0.2, 0) is 9.53 Å². The molecular weight excluding hydrogens is 356 g/mol. The van der Waals surface area contributed by atoms with Gasteiger partial charge in [0.2, 0.25) is 5.91 Å². The molecule has 5 heteroatoms. The summed E-state index contributed by atoms with van der Waals surface area (Å²) in [5.41, 5.74) is 0.778. The Bertz CT molecular complexity index is 786. The van der Waals surface area contributed by atoms with Gasteiger partial charge in [-0.25, -0.2) is 0 Å². The molecule has 1 aromatic carbocycles. The first-order valence-electron chi connectivity index (χ1n) is 9.07. The first-order valence-corrected chi connectivity index (χ1v) is 13.6. The third kappa shape index (κ3) is 5.25. The minimum Gasteiger partial charge on any atom is -0.497 e. The van der Waals surface area contributed by atoms with E-state index in [2.05, 4.69) is 67.4 Å². The van der Waals surface area contributed by atoms with Crippen LogP contribution in [0.5, 0.6) is 0 Å². The summed E-state index contributed by atoms with van der Waals surface area (Å²) in [4.78, 5) is 18.2. The Balaban J connectivity index is 2.16. The molecule has 2 unspecified atom stereocenters. The third-order valence-corrected chi connectivity index (χ3v) is 7.51. The highest BCUT2D eigenvalue weighted by atomic mass is 32.4. The number of carbonyl (C=O) groups excluding carboxylic acids is 1.